The van der Waals surface area contributed by atoms with Crippen LogP contribution in [0.25, 0.3) is 72.3 Å². The lowest BCUT2D eigenvalue weighted by molar-refractivity contribution is -0.566. The monoisotopic (exact) mass is 777 g/mol. The van der Waals surface area contributed by atoms with E-state index in [1.165, 1.54) is 44.1 Å². The summed E-state index contributed by atoms with van der Waals surface area (Å²) in [6.45, 7) is 11.4. The van der Waals surface area contributed by atoms with E-state index in [2.05, 4.69) is 225 Å². The van der Waals surface area contributed by atoms with E-state index in [0.29, 0.717) is 0 Å². The predicted molar refractivity (Wildman–Crippen MR) is 245 cm³/mol. The number of nitrogens with zero attached hydrogens (tertiary/aromatic N) is 4. The third-order valence-electron chi connectivity index (χ3n) is 12.5. The van der Waals surface area contributed by atoms with Gasteiger partial charge in [-0.05, 0) is 81.8 Å². The molecule has 1 aliphatic rings. The highest BCUT2D eigenvalue weighted by atomic mass is 16.5. The summed E-state index contributed by atoms with van der Waals surface area (Å²) >= 11 is 0. The van der Waals surface area contributed by atoms with Crippen LogP contribution in [-0.4, -0.2) is 14.1 Å². The van der Waals surface area contributed by atoms with Crippen LogP contribution in [-0.2, 0) is 10.8 Å². The first kappa shape index (κ1) is 35.9. The van der Waals surface area contributed by atoms with E-state index in [9.17, 15) is 0 Å². The number of fused-ring (bicyclic) bond motifs is 1. The van der Waals surface area contributed by atoms with Gasteiger partial charge in [-0.15, -0.1) is 0 Å². The van der Waals surface area contributed by atoms with E-state index in [0.717, 1.165) is 56.4 Å². The molecular formula is C55H45N4O+. The van der Waals surface area contributed by atoms with Crippen LogP contribution >= 0.6 is 0 Å². The van der Waals surface area contributed by atoms with Crippen LogP contribution in [0.3, 0.4) is 0 Å². The molecule has 10 aromatic rings. The number of aromatic nitrogens is 4. The minimum absolute atomic E-state index is 0.00903. The second-order valence-electron chi connectivity index (χ2n) is 17.6. The van der Waals surface area contributed by atoms with Crippen molar-refractivity contribution in [3.05, 3.63) is 199 Å². The number of para-hydroxylation sites is 3. The Balaban J connectivity index is 1.05. The van der Waals surface area contributed by atoms with Gasteiger partial charge < -0.3 is 4.74 Å². The maximum Gasteiger partial charge on any atom is 0.255 e. The van der Waals surface area contributed by atoms with Gasteiger partial charge in [0.1, 0.15) is 28.7 Å². The van der Waals surface area contributed by atoms with Crippen molar-refractivity contribution in [2.75, 3.05) is 0 Å². The maximum absolute atomic E-state index is 6.94. The molecular weight excluding hydrogens is 733 g/mol. The summed E-state index contributed by atoms with van der Waals surface area (Å²) in [6, 6.07) is 60.6. The van der Waals surface area contributed by atoms with Gasteiger partial charge in [-0.2, -0.15) is 9.13 Å². The molecule has 7 aromatic carbocycles. The predicted octanol–water partition coefficient (Wildman–Crippen LogP) is 13.5. The highest BCUT2D eigenvalue weighted by molar-refractivity contribution is 6.16. The Morgan fingerprint density at radius 1 is 0.567 bits per heavy atom. The van der Waals surface area contributed by atoms with Gasteiger partial charge in [0.25, 0.3) is 6.33 Å². The second-order valence-corrected chi connectivity index (χ2v) is 17.6. The van der Waals surface area contributed by atoms with Gasteiger partial charge >= 0.3 is 0 Å². The van der Waals surface area contributed by atoms with E-state index >= 15 is 0 Å². The van der Waals surface area contributed by atoms with Crippen LogP contribution in [0.1, 0.15) is 51.3 Å². The fraction of sp³-hybridized carbons (Fsp3) is 0.127. The molecule has 3 aromatic heterocycles. The summed E-state index contributed by atoms with van der Waals surface area (Å²) in [5.41, 5.74) is 14.9. The van der Waals surface area contributed by atoms with Crippen molar-refractivity contribution in [3.8, 4) is 50.9 Å². The van der Waals surface area contributed by atoms with Crippen LogP contribution < -0.4 is 9.30 Å². The van der Waals surface area contributed by atoms with E-state index in [4.69, 9.17) is 9.72 Å². The van der Waals surface area contributed by atoms with Crippen molar-refractivity contribution in [2.45, 2.75) is 45.4 Å². The fourth-order valence-corrected chi connectivity index (χ4v) is 9.46. The molecule has 1 aliphatic carbocycles. The zero-order chi connectivity index (χ0) is 40.8. The van der Waals surface area contributed by atoms with E-state index in [1.807, 2.05) is 6.20 Å². The largest absolute Gasteiger partial charge is 0.457 e. The standard InChI is InChI=1S/C55H45N4O/c1-54(2,3)38-29-30-56-50(31-38)59-48-28-16-25-44-51(48)52-45(55(44,4)5)33-41(34-49(52)59)60-40-22-14-21-39(32-40)57-35-58(47-27-13-12-26-46(47)57)53-42(36-17-8-6-9-18-36)23-15-24-43(53)37-19-10-7-11-20-37/h6-35H,1-5H3/q+1. The first-order valence-corrected chi connectivity index (χ1v) is 20.8. The van der Waals surface area contributed by atoms with Crippen LogP contribution in [0.2, 0.25) is 0 Å². The lowest BCUT2D eigenvalue weighted by atomic mass is 9.81. The van der Waals surface area contributed by atoms with Crippen molar-refractivity contribution >= 4 is 32.8 Å². The molecule has 0 radical (unpaired) electrons. The Morgan fingerprint density at radius 3 is 1.95 bits per heavy atom. The number of ether oxygens (including phenoxy) is 1. The molecule has 0 N–H and O–H groups in total. The summed E-state index contributed by atoms with van der Waals surface area (Å²) in [6.07, 6.45) is 4.17. The van der Waals surface area contributed by atoms with Gasteiger partial charge in [0.05, 0.1) is 11.0 Å². The minimum atomic E-state index is -0.185. The van der Waals surface area contributed by atoms with Gasteiger partial charge in [0.15, 0.2) is 11.0 Å². The first-order chi connectivity index (χ1) is 29.1. The average molecular weight is 778 g/mol. The lowest BCUT2D eigenvalue weighted by Crippen LogP contribution is -2.30. The Labute approximate surface area is 350 Å². The van der Waals surface area contributed by atoms with Crippen molar-refractivity contribution < 1.29 is 9.30 Å². The Kier molecular flexibility index (Phi) is 8.01. The summed E-state index contributed by atoms with van der Waals surface area (Å²) in [7, 11) is 0. The second kappa shape index (κ2) is 13.4. The Hall–Kier alpha value is -7.24. The molecule has 0 saturated carbocycles. The third kappa shape index (κ3) is 5.60. The van der Waals surface area contributed by atoms with Crippen molar-refractivity contribution in [3.63, 3.8) is 0 Å². The highest BCUT2D eigenvalue weighted by Crippen LogP contribution is 2.52. The smallest absolute Gasteiger partial charge is 0.255 e. The minimum Gasteiger partial charge on any atom is -0.457 e. The van der Waals surface area contributed by atoms with Crippen molar-refractivity contribution in [1.82, 2.24) is 14.1 Å². The molecule has 0 amide bonds. The van der Waals surface area contributed by atoms with Gasteiger partial charge in [-0.3, -0.25) is 4.57 Å². The fourth-order valence-electron chi connectivity index (χ4n) is 9.46. The summed E-state index contributed by atoms with van der Waals surface area (Å²) < 4.78 is 13.9. The molecule has 5 nitrogen and oxygen atoms in total. The van der Waals surface area contributed by atoms with Crippen LogP contribution in [0.4, 0.5) is 0 Å². The van der Waals surface area contributed by atoms with Gasteiger partial charge in [-0.25, -0.2) is 4.98 Å². The van der Waals surface area contributed by atoms with Gasteiger partial charge in [0, 0.05) is 45.6 Å². The number of imidazole rings is 1. The third-order valence-corrected chi connectivity index (χ3v) is 12.5. The first-order valence-electron chi connectivity index (χ1n) is 20.8. The number of rotatable bonds is 7. The molecule has 0 bridgehead atoms. The lowest BCUT2D eigenvalue weighted by Gasteiger charge is -2.24. The van der Waals surface area contributed by atoms with E-state index in [-0.39, 0.29) is 10.8 Å². The van der Waals surface area contributed by atoms with E-state index < -0.39 is 0 Å². The molecule has 290 valence electrons. The topological polar surface area (TPSA) is 35.9 Å². The zero-order valence-corrected chi connectivity index (χ0v) is 34.5. The molecule has 0 aliphatic heterocycles. The molecule has 0 spiro atoms. The SMILES string of the molecule is CC(C)(C)c1ccnc(-n2c3cccc4c3c3c(cc(Oc5cccc(-n6c[n+](-c7c(-c8ccccc8)cccc7-c7ccccc7)c7ccccc76)c5)cc32)C4(C)C)c1. The molecule has 60 heavy (non-hydrogen) atoms. The van der Waals surface area contributed by atoms with Gasteiger partial charge in [0.2, 0.25) is 0 Å². The molecule has 0 unspecified atom stereocenters. The summed E-state index contributed by atoms with van der Waals surface area (Å²) in [5, 5.41) is 2.59. The van der Waals surface area contributed by atoms with Crippen LogP contribution in [0.15, 0.2) is 182 Å². The number of benzene rings is 7. The van der Waals surface area contributed by atoms with E-state index in [1.54, 1.807) is 0 Å². The Morgan fingerprint density at radius 2 is 1.22 bits per heavy atom. The van der Waals surface area contributed by atoms with Crippen molar-refractivity contribution in [1.29, 1.82) is 0 Å². The van der Waals surface area contributed by atoms with Crippen LogP contribution in [0, 0.1) is 0 Å². The van der Waals surface area contributed by atoms with Gasteiger partial charge in [-0.1, -0.05) is 144 Å². The highest BCUT2D eigenvalue weighted by Gasteiger charge is 2.37. The molecule has 0 atom stereocenters. The maximum atomic E-state index is 6.94. The molecule has 5 heteroatoms. The molecule has 11 rings (SSSR count). The quantitative estimate of drug-likeness (QED) is 0.151. The Bertz CT molecular complexity index is 3240. The summed E-state index contributed by atoms with van der Waals surface area (Å²) in [4.78, 5) is 4.95. The average Bonchev–Trinajstić information content (AvgIpc) is 3.90. The molecule has 0 fully saturated rings. The zero-order valence-electron chi connectivity index (χ0n) is 34.5. The molecule has 0 saturated heterocycles. The van der Waals surface area contributed by atoms with Crippen molar-refractivity contribution in [2.24, 2.45) is 0 Å². The normalized spacial score (nSPS) is 13.2. The number of pyridine rings is 1. The van der Waals surface area contributed by atoms with Crippen LogP contribution in [0.5, 0.6) is 11.5 Å². The summed E-state index contributed by atoms with van der Waals surface area (Å²) in [5.74, 6) is 2.48. The number of hydrogen-bond acceptors (Lipinski definition) is 2. The number of hydrogen-bond donors (Lipinski definition) is 0. The molecule has 3 heterocycles.